The first-order chi connectivity index (χ1) is 18.1. The number of benzene rings is 2. The average Bonchev–Trinajstić information content (AvgIpc) is 3.26. The molecular weight excluding hydrogens is 682 g/mol. The second-order valence-electron chi connectivity index (χ2n) is 8.98. The predicted octanol–water partition coefficient (Wildman–Crippen LogP) is 6.91. The van der Waals surface area contributed by atoms with Gasteiger partial charge < -0.3 is 0 Å². The largest absolute Gasteiger partial charge is 0.273 e. The van der Waals surface area contributed by atoms with Crippen molar-refractivity contribution in [3.05, 3.63) is 83.8 Å². The molecule has 3 aliphatic rings. The summed E-state index contributed by atoms with van der Waals surface area (Å²) in [5, 5.41) is 12.5. The molecule has 0 N–H and O–H groups in total. The molecular formula is C23H11Cl8N3O5. The lowest BCUT2D eigenvalue weighted by atomic mass is 9.84. The topological polar surface area (TPSA) is 101 Å². The van der Waals surface area contributed by atoms with Crippen LogP contribution in [0.2, 0.25) is 10.0 Å². The first-order valence-electron chi connectivity index (χ1n) is 10.8. The molecule has 2 aliphatic carbocycles. The first-order valence-corrected chi connectivity index (χ1v) is 13.8. The molecule has 0 spiro atoms. The lowest BCUT2D eigenvalue weighted by molar-refractivity contribution is -0.384. The maximum absolute atomic E-state index is 13.9. The van der Waals surface area contributed by atoms with E-state index in [0.29, 0.717) is 15.6 Å². The molecule has 2 aromatic carbocycles. The molecule has 0 aromatic heterocycles. The summed E-state index contributed by atoms with van der Waals surface area (Å²) < 4.78 is -2.17. The normalized spacial score (nSPS) is 28.8. The molecule has 2 fully saturated rings. The van der Waals surface area contributed by atoms with Gasteiger partial charge in [-0.3, -0.25) is 24.5 Å². The van der Waals surface area contributed by atoms with Crippen molar-refractivity contribution in [1.29, 1.82) is 0 Å². The second kappa shape index (κ2) is 9.53. The molecule has 2 bridgehead atoms. The molecule has 0 radical (unpaired) electrons. The number of allylic oxidation sites excluding steroid dienone is 2. The highest BCUT2D eigenvalue weighted by molar-refractivity contribution is 6.66. The number of non-ortho nitro benzene ring substituents is 1. The van der Waals surface area contributed by atoms with E-state index in [-0.39, 0.29) is 20.7 Å². The molecule has 1 heterocycles. The molecule has 39 heavy (non-hydrogen) atoms. The van der Waals surface area contributed by atoms with E-state index in [1.165, 1.54) is 36.4 Å². The lowest BCUT2D eigenvalue weighted by Gasteiger charge is -2.37. The number of carbonyl (C=O) groups excluding carboxylic acids is 3. The number of carbonyl (C=O) groups is 3. The minimum absolute atomic E-state index is 0.120. The van der Waals surface area contributed by atoms with E-state index >= 15 is 0 Å². The Bertz CT molecular complexity index is 1490. The smallest absolute Gasteiger partial charge is 0.272 e. The minimum Gasteiger partial charge on any atom is -0.272 e. The van der Waals surface area contributed by atoms with Gasteiger partial charge in [-0.25, -0.2) is 5.01 Å². The summed E-state index contributed by atoms with van der Waals surface area (Å²) in [6.07, 6.45) is 0. The van der Waals surface area contributed by atoms with Gasteiger partial charge in [0.15, 0.2) is 4.33 Å². The molecule has 16 heteroatoms. The summed E-state index contributed by atoms with van der Waals surface area (Å²) in [4.78, 5) is 48.1. The summed E-state index contributed by atoms with van der Waals surface area (Å²) in [5.74, 6) is -5.93. The average molecular weight is 693 g/mol. The highest BCUT2D eigenvalue weighted by Crippen LogP contribution is 2.77. The Balaban J connectivity index is 1.64. The van der Waals surface area contributed by atoms with Gasteiger partial charge in [-0.1, -0.05) is 81.7 Å². The molecule has 8 nitrogen and oxygen atoms in total. The third kappa shape index (κ3) is 3.76. The van der Waals surface area contributed by atoms with Crippen LogP contribution < -0.4 is 0 Å². The third-order valence-corrected chi connectivity index (χ3v) is 11.8. The van der Waals surface area contributed by atoms with Crippen LogP contribution in [0.3, 0.4) is 0 Å². The summed E-state index contributed by atoms with van der Waals surface area (Å²) in [6.45, 7) is -0.430. The Morgan fingerprint density at radius 1 is 0.923 bits per heavy atom. The van der Waals surface area contributed by atoms with Crippen molar-refractivity contribution in [3.63, 3.8) is 0 Å². The Hall–Kier alpha value is -1.49. The summed E-state index contributed by atoms with van der Waals surface area (Å²) >= 11 is 51.6. The van der Waals surface area contributed by atoms with E-state index in [4.69, 9.17) is 92.8 Å². The van der Waals surface area contributed by atoms with Crippen LogP contribution in [-0.4, -0.2) is 46.7 Å². The Labute approximate surface area is 260 Å². The zero-order valence-electron chi connectivity index (χ0n) is 18.8. The molecule has 1 saturated carbocycles. The molecule has 204 valence electrons. The number of fused-ring (bicyclic) bond motifs is 5. The zero-order valence-corrected chi connectivity index (χ0v) is 24.9. The van der Waals surface area contributed by atoms with Gasteiger partial charge >= 0.3 is 0 Å². The number of hydrogen-bond acceptors (Lipinski definition) is 5. The summed E-state index contributed by atoms with van der Waals surface area (Å²) in [5.41, 5.74) is -0.301. The number of nitrogens with zero attached hydrogens (tertiary/aromatic N) is 3. The number of amides is 3. The quantitative estimate of drug-likeness (QED) is 0.147. The Morgan fingerprint density at radius 3 is 2.00 bits per heavy atom. The summed E-state index contributed by atoms with van der Waals surface area (Å²) in [6, 6.07) is 9.11. The van der Waals surface area contributed by atoms with Crippen LogP contribution in [0.1, 0.15) is 15.9 Å². The fraction of sp³-hybridized carbons (Fsp3) is 0.261. The standard InChI is InChI=1S/C23H11Cl8N3O5/c24-11-5-4-10(13(25)7-11)8-32(18(35)9-2-1-3-12(6-9)34(38)39)33-19(36)14-15(20(33)37)22(29)17(27)16(26)21(14,28)23(22,30)31/h1-7,14-15H,8H2/t14-,15-,21-,22-/m1/s1. The van der Waals surface area contributed by atoms with Crippen LogP contribution in [0.4, 0.5) is 5.69 Å². The van der Waals surface area contributed by atoms with Gasteiger partial charge in [0.25, 0.3) is 23.4 Å². The van der Waals surface area contributed by atoms with E-state index in [1.54, 1.807) is 0 Å². The van der Waals surface area contributed by atoms with Crippen LogP contribution in [0.15, 0.2) is 52.5 Å². The van der Waals surface area contributed by atoms with Crippen molar-refractivity contribution in [2.45, 2.75) is 20.6 Å². The van der Waals surface area contributed by atoms with Gasteiger partial charge in [0.2, 0.25) is 0 Å². The molecule has 1 aliphatic heterocycles. The molecule has 5 rings (SSSR count). The van der Waals surface area contributed by atoms with Crippen LogP contribution in [0.5, 0.6) is 0 Å². The number of hydrazine groups is 1. The molecule has 0 unspecified atom stereocenters. The van der Waals surface area contributed by atoms with E-state index in [2.05, 4.69) is 0 Å². The monoisotopic (exact) mass is 689 g/mol. The molecule has 3 amide bonds. The van der Waals surface area contributed by atoms with Gasteiger partial charge in [0.1, 0.15) is 9.75 Å². The van der Waals surface area contributed by atoms with E-state index in [1.807, 2.05) is 0 Å². The van der Waals surface area contributed by atoms with Crippen molar-refractivity contribution >= 4 is 116 Å². The fourth-order valence-corrected chi connectivity index (χ4v) is 8.56. The number of rotatable bonds is 5. The number of hydrogen-bond donors (Lipinski definition) is 0. The van der Waals surface area contributed by atoms with E-state index in [9.17, 15) is 24.5 Å². The van der Waals surface area contributed by atoms with Crippen molar-refractivity contribution in [1.82, 2.24) is 10.0 Å². The number of imide groups is 1. The van der Waals surface area contributed by atoms with Gasteiger partial charge in [-0.05, 0) is 23.8 Å². The Morgan fingerprint density at radius 2 is 1.49 bits per heavy atom. The van der Waals surface area contributed by atoms with Gasteiger partial charge in [-0.2, -0.15) is 5.01 Å². The first kappa shape index (κ1) is 29.0. The van der Waals surface area contributed by atoms with Crippen LogP contribution in [0, 0.1) is 22.0 Å². The van der Waals surface area contributed by atoms with Crippen molar-refractivity contribution in [2.24, 2.45) is 11.8 Å². The third-order valence-electron chi connectivity index (χ3n) is 7.00. The number of nitro benzene ring substituents is 1. The van der Waals surface area contributed by atoms with Gasteiger partial charge in [0, 0.05) is 27.7 Å². The van der Waals surface area contributed by atoms with Crippen LogP contribution in [0.25, 0.3) is 0 Å². The SMILES string of the molecule is O=C(c1cccc([N+](=O)[O-])c1)N(Cc1ccc(Cl)cc1Cl)N1C(=O)[C@H]2[C@H](C1=O)[C@@]1(Cl)C(Cl)=C(Cl)[C@@]2(Cl)C1(Cl)Cl. The number of halogens is 8. The van der Waals surface area contributed by atoms with Crippen LogP contribution >= 0.6 is 92.8 Å². The highest BCUT2D eigenvalue weighted by atomic mass is 35.5. The number of alkyl halides is 4. The second-order valence-corrected chi connectivity index (χ2v) is 13.1. The van der Waals surface area contributed by atoms with Crippen LogP contribution in [-0.2, 0) is 16.1 Å². The van der Waals surface area contributed by atoms with Crippen molar-refractivity contribution in [2.75, 3.05) is 0 Å². The van der Waals surface area contributed by atoms with Crippen molar-refractivity contribution < 1.29 is 19.3 Å². The fourth-order valence-electron chi connectivity index (χ4n) is 5.16. The molecule has 1 saturated heterocycles. The maximum Gasteiger partial charge on any atom is 0.273 e. The number of nitro groups is 1. The van der Waals surface area contributed by atoms with E-state index < -0.39 is 60.8 Å². The minimum atomic E-state index is -2.17. The predicted molar refractivity (Wildman–Crippen MR) is 149 cm³/mol. The molecule has 2 aromatic rings. The van der Waals surface area contributed by atoms with E-state index in [0.717, 1.165) is 11.1 Å². The Kier molecular flexibility index (Phi) is 7.09. The zero-order chi connectivity index (χ0) is 28.8. The maximum atomic E-state index is 13.9. The lowest BCUT2D eigenvalue weighted by Crippen LogP contribution is -2.55. The van der Waals surface area contributed by atoms with Crippen molar-refractivity contribution in [3.8, 4) is 0 Å². The highest BCUT2D eigenvalue weighted by Gasteiger charge is 2.88. The van der Waals surface area contributed by atoms with Gasteiger partial charge in [-0.15, -0.1) is 23.2 Å². The van der Waals surface area contributed by atoms with Gasteiger partial charge in [0.05, 0.1) is 33.4 Å². The summed E-state index contributed by atoms with van der Waals surface area (Å²) in [7, 11) is 0. The molecule has 4 atom stereocenters.